The number of aliphatic hydroxyl groups is 1. The minimum atomic E-state index is -0.167. The summed E-state index contributed by atoms with van der Waals surface area (Å²) in [4.78, 5) is 13.5. The third-order valence-corrected chi connectivity index (χ3v) is 4.38. The van der Waals surface area contributed by atoms with Gasteiger partial charge < -0.3 is 15.2 Å². The zero-order valence-electron chi connectivity index (χ0n) is 12.3. The number of aliphatic hydroxyl groups excluding tert-OH is 1. The highest BCUT2D eigenvalue weighted by molar-refractivity contribution is 7.14. The molecule has 114 valence electrons. The molecule has 0 atom stereocenters. The van der Waals surface area contributed by atoms with Crippen molar-refractivity contribution >= 4 is 17.2 Å². The molecule has 1 heterocycles. The van der Waals surface area contributed by atoms with Crippen molar-refractivity contribution in [2.45, 2.75) is 26.2 Å². The predicted octanol–water partition coefficient (Wildman–Crippen LogP) is 1.95. The molecule has 4 nitrogen and oxygen atoms in total. The van der Waals surface area contributed by atoms with Gasteiger partial charge in [0.1, 0.15) is 6.61 Å². The molecule has 0 spiro atoms. The standard InChI is InChI=1S/C16H21NO3S/c1-12-10-15(21-14(12)4-2-8-18)16(19)17-7-3-9-20-11-13-5-6-13/h10,13,18H,3,5-9,11H2,1H3,(H,17,19). The fourth-order valence-corrected chi connectivity index (χ4v) is 2.80. The van der Waals surface area contributed by atoms with E-state index in [1.54, 1.807) is 0 Å². The number of hydrogen-bond donors (Lipinski definition) is 2. The van der Waals surface area contributed by atoms with Crippen LogP contribution < -0.4 is 5.32 Å². The van der Waals surface area contributed by atoms with E-state index >= 15 is 0 Å². The highest BCUT2D eigenvalue weighted by Gasteiger charge is 2.20. The lowest BCUT2D eigenvalue weighted by Crippen LogP contribution is -2.24. The molecule has 1 aliphatic rings. The lowest BCUT2D eigenvalue weighted by molar-refractivity contribution is 0.0941. The number of ether oxygens (including phenoxy) is 1. The van der Waals surface area contributed by atoms with Gasteiger partial charge in [-0.05, 0) is 43.7 Å². The van der Waals surface area contributed by atoms with E-state index < -0.39 is 0 Å². The van der Waals surface area contributed by atoms with Crippen molar-refractivity contribution in [3.8, 4) is 11.8 Å². The second kappa shape index (κ2) is 8.18. The number of thiophene rings is 1. The van der Waals surface area contributed by atoms with Crippen LogP contribution in [-0.2, 0) is 4.74 Å². The fourth-order valence-electron chi connectivity index (χ4n) is 1.84. The Morgan fingerprint density at radius 1 is 1.57 bits per heavy atom. The van der Waals surface area contributed by atoms with Crippen LogP contribution in [0.4, 0.5) is 0 Å². The number of rotatable bonds is 7. The van der Waals surface area contributed by atoms with E-state index in [1.165, 1.54) is 24.2 Å². The van der Waals surface area contributed by atoms with Crippen LogP contribution in [0.3, 0.4) is 0 Å². The van der Waals surface area contributed by atoms with Crippen molar-refractivity contribution < 1.29 is 14.6 Å². The Labute approximate surface area is 129 Å². The van der Waals surface area contributed by atoms with Gasteiger partial charge in [-0.2, -0.15) is 0 Å². The first-order chi connectivity index (χ1) is 10.2. The van der Waals surface area contributed by atoms with Crippen LogP contribution in [0, 0.1) is 24.7 Å². The van der Waals surface area contributed by atoms with Crippen LogP contribution in [0.25, 0.3) is 0 Å². The quantitative estimate of drug-likeness (QED) is 0.598. The summed E-state index contributed by atoms with van der Waals surface area (Å²) < 4.78 is 5.52. The number of nitrogens with one attached hydrogen (secondary N) is 1. The van der Waals surface area contributed by atoms with Crippen LogP contribution in [-0.4, -0.2) is 37.4 Å². The third kappa shape index (κ3) is 5.50. The summed E-state index contributed by atoms with van der Waals surface area (Å²) in [6.07, 6.45) is 3.44. The average molecular weight is 307 g/mol. The molecule has 1 fully saturated rings. The monoisotopic (exact) mass is 307 g/mol. The summed E-state index contributed by atoms with van der Waals surface area (Å²) in [5, 5.41) is 11.6. The Hall–Kier alpha value is -1.35. The molecule has 0 saturated heterocycles. The Morgan fingerprint density at radius 3 is 3.10 bits per heavy atom. The van der Waals surface area contributed by atoms with Crippen LogP contribution >= 0.6 is 11.3 Å². The largest absolute Gasteiger partial charge is 0.384 e. The number of hydrogen-bond acceptors (Lipinski definition) is 4. The van der Waals surface area contributed by atoms with E-state index in [2.05, 4.69) is 17.2 Å². The predicted molar refractivity (Wildman–Crippen MR) is 83.5 cm³/mol. The molecule has 0 bridgehead atoms. The normalized spacial score (nSPS) is 13.6. The molecule has 2 N–H and O–H groups in total. The van der Waals surface area contributed by atoms with Crippen LogP contribution in [0.2, 0.25) is 0 Å². The Balaban J connectivity index is 1.69. The molecule has 5 heteroatoms. The van der Waals surface area contributed by atoms with Gasteiger partial charge in [0.05, 0.1) is 9.75 Å². The van der Waals surface area contributed by atoms with Crippen molar-refractivity contribution in [1.29, 1.82) is 0 Å². The summed E-state index contributed by atoms with van der Waals surface area (Å²) in [5.41, 5.74) is 0.971. The van der Waals surface area contributed by atoms with Crippen LogP contribution in [0.1, 0.15) is 39.4 Å². The van der Waals surface area contributed by atoms with E-state index in [4.69, 9.17) is 9.84 Å². The lowest BCUT2D eigenvalue weighted by atomic mass is 10.2. The first kappa shape index (κ1) is 16.0. The molecule has 0 unspecified atom stereocenters. The molecular weight excluding hydrogens is 286 g/mol. The smallest absolute Gasteiger partial charge is 0.261 e. The summed E-state index contributed by atoms with van der Waals surface area (Å²) >= 11 is 1.36. The first-order valence-corrected chi connectivity index (χ1v) is 8.08. The summed E-state index contributed by atoms with van der Waals surface area (Å²) in [7, 11) is 0. The maximum Gasteiger partial charge on any atom is 0.261 e. The van der Waals surface area contributed by atoms with Gasteiger partial charge >= 0.3 is 0 Å². The summed E-state index contributed by atoms with van der Waals surface area (Å²) in [6.45, 7) is 3.94. The first-order valence-electron chi connectivity index (χ1n) is 7.27. The van der Waals surface area contributed by atoms with Crippen molar-refractivity contribution in [2.24, 2.45) is 5.92 Å². The molecule has 21 heavy (non-hydrogen) atoms. The Bertz CT molecular complexity index is 537. The molecule has 1 aliphatic carbocycles. The van der Waals surface area contributed by atoms with Crippen molar-refractivity contribution in [1.82, 2.24) is 5.32 Å². The van der Waals surface area contributed by atoms with Crippen molar-refractivity contribution in [2.75, 3.05) is 26.4 Å². The average Bonchev–Trinajstić information content (AvgIpc) is 3.22. The van der Waals surface area contributed by atoms with Crippen molar-refractivity contribution in [3.63, 3.8) is 0 Å². The molecule has 0 radical (unpaired) electrons. The summed E-state index contributed by atoms with van der Waals surface area (Å²) in [6, 6.07) is 1.84. The zero-order valence-corrected chi connectivity index (χ0v) is 13.1. The molecule has 2 rings (SSSR count). The van der Waals surface area contributed by atoms with Gasteiger partial charge in [-0.25, -0.2) is 0 Å². The highest BCUT2D eigenvalue weighted by Crippen LogP contribution is 2.28. The minimum Gasteiger partial charge on any atom is -0.384 e. The van der Waals surface area contributed by atoms with Crippen molar-refractivity contribution in [3.05, 3.63) is 21.4 Å². The Morgan fingerprint density at radius 2 is 2.38 bits per heavy atom. The van der Waals surface area contributed by atoms with E-state index in [-0.39, 0.29) is 12.5 Å². The number of carbonyl (C=O) groups excluding carboxylic acids is 1. The third-order valence-electron chi connectivity index (χ3n) is 3.22. The molecule has 1 amide bonds. The van der Waals surface area contributed by atoms with Gasteiger partial charge in [0.2, 0.25) is 0 Å². The van der Waals surface area contributed by atoms with Gasteiger partial charge in [-0.3, -0.25) is 4.79 Å². The molecule has 0 aliphatic heterocycles. The van der Waals surface area contributed by atoms with Gasteiger partial charge in [0.25, 0.3) is 5.91 Å². The fraction of sp³-hybridized carbons (Fsp3) is 0.562. The lowest BCUT2D eigenvalue weighted by Gasteiger charge is -2.04. The zero-order chi connectivity index (χ0) is 15.1. The van der Waals surface area contributed by atoms with E-state index in [0.29, 0.717) is 18.0 Å². The summed E-state index contributed by atoms with van der Waals surface area (Å²) in [5.74, 6) is 6.18. The van der Waals surface area contributed by atoms with E-state index in [1.807, 2.05) is 13.0 Å². The molecule has 1 aromatic heterocycles. The van der Waals surface area contributed by atoms with E-state index in [9.17, 15) is 4.79 Å². The minimum absolute atomic E-state index is 0.0673. The van der Waals surface area contributed by atoms with E-state index in [0.717, 1.165) is 29.4 Å². The Kier molecular flexibility index (Phi) is 6.24. The maximum absolute atomic E-state index is 12.0. The molecular formula is C16H21NO3S. The van der Waals surface area contributed by atoms with Gasteiger partial charge in [0.15, 0.2) is 0 Å². The van der Waals surface area contributed by atoms with Crippen LogP contribution in [0.5, 0.6) is 0 Å². The van der Waals surface area contributed by atoms with Crippen LogP contribution in [0.15, 0.2) is 6.07 Å². The maximum atomic E-state index is 12.0. The molecule has 0 aromatic carbocycles. The number of aryl methyl sites for hydroxylation is 1. The number of amides is 1. The topological polar surface area (TPSA) is 58.6 Å². The number of carbonyl (C=O) groups is 1. The van der Waals surface area contributed by atoms with Gasteiger partial charge in [-0.15, -0.1) is 11.3 Å². The highest BCUT2D eigenvalue weighted by atomic mass is 32.1. The molecule has 1 saturated carbocycles. The SMILES string of the molecule is Cc1cc(C(=O)NCCCOCC2CC2)sc1C#CCO. The van der Waals surface area contributed by atoms with Gasteiger partial charge in [-0.1, -0.05) is 11.8 Å². The second-order valence-corrected chi connectivity index (χ2v) is 6.26. The van der Waals surface area contributed by atoms with Gasteiger partial charge in [0, 0.05) is 19.8 Å². The second-order valence-electron chi connectivity index (χ2n) is 5.21. The molecule has 1 aromatic rings.